The Morgan fingerprint density at radius 1 is 0.952 bits per heavy atom. The monoisotopic (exact) mass is 330 g/mol. The van der Waals surface area contributed by atoms with E-state index in [1.807, 2.05) is 0 Å². The summed E-state index contributed by atoms with van der Waals surface area (Å²) < 4.78 is 26.0. The summed E-state index contributed by atoms with van der Waals surface area (Å²) in [6.45, 7) is -0.0872. The van der Waals surface area contributed by atoms with Gasteiger partial charge in [-0.3, -0.25) is 4.79 Å². The van der Waals surface area contributed by atoms with Crippen LogP contribution in [0.3, 0.4) is 0 Å². The number of benzene rings is 2. The van der Waals surface area contributed by atoms with Crippen LogP contribution in [0.15, 0.2) is 36.4 Å². The standard InChI is InChI=1S/C14H10Cl2F2N2O/c15-12-2-1-10(6-13(12)16)19-7-14(21)20-11-4-8(17)3-9(18)5-11/h1-6,19H,7H2,(H,20,21). The molecule has 0 fully saturated rings. The summed E-state index contributed by atoms with van der Waals surface area (Å²) in [7, 11) is 0. The second kappa shape index (κ2) is 6.74. The molecule has 2 aromatic rings. The van der Waals surface area contributed by atoms with Crippen molar-refractivity contribution < 1.29 is 13.6 Å². The number of amides is 1. The molecule has 2 rings (SSSR count). The lowest BCUT2D eigenvalue weighted by atomic mass is 10.3. The molecule has 7 heteroatoms. The van der Waals surface area contributed by atoms with Gasteiger partial charge in [-0.05, 0) is 30.3 Å². The first-order valence-electron chi connectivity index (χ1n) is 5.89. The van der Waals surface area contributed by atoms with Gasteiger partial charge < -0.3 is 10.6 Å². The number of carbonyl (C=O) groups excluding carboxylic acids is 1. The normalized spacial score (nSPS) is 10.3. The molecule has 0 unspecified atom stereocenters. The van der Waals surface area contributed by atoms with Gasteiger partial charge in [0.15, 0.2) is 0 Å². The van der Waals surface area contributed by atoms with Crippen molar-refractivity contribution in [1.82, 2.24) is 0 Å². The van der Waals surface area contributed by atoms with Gasteiger partial charge in [0.1, 0.15) is 11.6 Å². The van der Waals surface area contributed by atoms with E-state index in [1.165, 1.54) is 0 Å². The van der Waals surface area contributed by atoms with Crippen molar-refractivity contribution in [1.29, 1.82) is 0 Å². The van der Waals surface area contributed by atoms with E-state index in [1.54, 1.807) is 18.2 Å². The number of hydrogen-bond acceptors (Lipinski definition) is 2. The van der Waals surface area contributed by atoms with Crippen LogP contribution in [0.25, 0.3) is 0 Å². The van der Waals surface area contributed by atoms with Crippen LogP contribution >= 0.6 is 23.2 Å². The summed E-state index contributed by atoms with van der Waals surface area (Å²) in [5, 5.41) is 5.96. The van der Waals surface area contributed by atoms with Gasteiger partial charge in [0, 0.05) is 17.4 Å². The van der Waals surface area contributed by atoms with Crippen molar-refractivity contribution in [2.24, 2.45) is 0 Å². The van der Waals surface area contributed by atoms with Gasteiger partial charge in [0.2, 0.25) is 5.91 Å². The van der Waals surface area contributed by atoms with Crippen LogP contribution in [-0.2, 0) is 4.79 Å². The van der Waals surface area contributed by atoms with Crippen molar-refractivity contribution in [3.8, 4) is 0 Å². The lowest BCUT2D eigenvalue weighted by Crippen LogP contribution is -2.21. The van der Waals surface area contributed by atoms with Gasteiger partial charge in [0.25, 0.3) is 0 Å². The Morgan fingerprint density at radius 3 is 2.24 bits per heavy atom. The first-order chi connectivity index (χ1) is 9.94. The average Bonchev–Trinajstić information content (AvgIpc) is 2.39. The van der Waals surface area contributed by atoms with Gasteiger partial charge >= 0.3 is 0 Å². The molecule has 0 aliphatic heterocycles. The second-order valence-corrected chi connectivity index (χ2v) is 5.00. The van der Waals surface area contributed by atoms with E-state index in [2.05, 4.69) is 10.6 Å². The van der Waals surface area contributed by atoms with Gasteiger partial charge in [-0.1, -0.05) is 23.2 Å². The predicted octanol–water partition coefficient (Wildman–Crippen LogP) is 4.32. The molecule has 0 spiro atoms. The molecule has 0 radical (unpaired) electrons. The molecule has 0 aromatic heterocycles. The Balaban J connectivity index is 1.94. The highest BCUT2D eigenvalue weighted by molar-refractivity contribution is 6.42. The lowest BCUT2D eigenvalue weighted by Gasteiger charge is -2.09. The van der Waals surface area contributed by atoms with Crippen molar-refractivity contribution in [2.75, 3.05) is 17.2 Å². The molecule has 0 bridgehead atoms. The molecule has 110 valence electrons. The van der Waals surface area contributed by atoms with Crippen LogP contribution in [0.1, 0.15) is 0 Å². The van der Waals surface area contributed by atoms with Crippen LogP contribution < -0.4 is 10.6 Å². The Hall–Kier alpha value is -1.85. The number of rotatable bonds is 4. The Labute approximate surface area is 129 Å². The number of anilines is 2. The highest BCUT2D eigenvalue weighted by Gasteiger charge is 2.06. The molecule has 2 N–H and O–H groups in total. The minimum atomic E-state index is -0.761. The smallest absolute Gasteiger partial charge is 0.243 e. The molecule has 0 saturated carbocycles. The quantitative estimate of drug-likeness (QED) is 0.876. The number of nitrogens with one attached hydrogen (secondary N) is 2. The van der Waals surface area contributed by atoms with E-state index >= 15 is 0 Å². The maximum Gasteiger partial charge on any atom is 0.243 e. The maximum absolute atomic E-state index is 13.0. The fourth-order valence-corrected chi connectivity index (χ4v) is 1.92. The van der Waals surface area contributed by atoms with Gasteiger partial charge in [0.05, 0.1) is 16.6 Å². The molecule has 0 heterocycles. The molecule has 0 aliphatic carbocycles. The first kappa shape index (κ1) is 15.5. The zero-order valence-electron chi connectivity index (χ0n) is 10.6. The highest BCUT2D eigenvalue weighted by Crippen LogP contribution is 2.24. The first-order valence-corrected chi connectivity index (χ1v) is 6.64. The summed E-state index contributed by atoms with van der Waals surface area (Å²) in [4.78, 5) is 11.7. The van der Waals surface area contributed by atoms with Crippen molar-refractivity contribution in [3.63, 3.8) is 0 Å². The minimum Gasteiger partial charge on any atom is -0.376 e. The Bertz CT molecular complexity index is 660. The van der Waals surface area contributed by atoms with E-state index in [0.717, 1.165) is 18.2 Å². The molecule has 0 atom stereocenters. The molecular formula is C14H10Cl2F2N2O. The summed E-state index contributed by atoms with van der Waals surface area (Å²) in [6.07, 6.45) is 0. The molecule has 0 aliphatic rings. The second-order valence-electron chi connectivity index (χ2n) is 4.19. The highest BCUT2D eigenvalue weighted by atomic mass is 35.5. The van der Waals surface area contributed by atoms with E-state index in [-0.39, 0.29) is 12.2 Å². The topological polar surface area (TPSA) is 41.1 Å². The van der Waals surface area contributed by atoms with E-state index in [4.69, 9.17) is 23.2 Å². The molecule has 1 amide bonds. The van der Waals surface area contributed by atoms with Crippen molar-refractivity contribution >= 4 is 40.5 Å². The van der Waals surface area contributed by atoms with Gasteiger partial charge in [-0.15, -0.1) is 0 Å². The SMILES string of the molecule is O=C(CNc1ccc(Cl)c(Cl)c1)Nc1cc(F)cc(F)c1. The summed E-state index contributed by atoms with van der Waals surface area (Å²) >= 11 is 11.6. The van der Waals surface area contributed by atoms with E-state index < -0.39 is 17.5 Å². The van der Waals surface area contributed by atoms with E-state index in [9.17, 15) is 13.6 Å². The Kier molecular flexibility index (Phi) is 4.98. The van der Waals surface area contributed by atoms with Crippen LogP contribution in [0.2, 0.25) is 10.0 Å². The predicted molar refractivity (Wildman–Crippen MR) is 79.9 cm³/mol. The third-order valence-electron chi connectivity index (χ3n) is 2.52. The Morgan fingerprint density at radius 2 is 1.62 bits per heavy atom. The summed E-state index contributed by atoms with van der Waals surface area (Å²) in [5.74, 6) is -1.98. The third kappa shape index (κ3) is 4.58. The fourth-order valence-electron chi connectivity index (χ4n) is 1.62. The van der Waals surface area contributed by atoms with Crippen LogP contribution in [0.5, 0.6) is 0 Å². The zero-order valence-corrected chi connectivity index (χ0v) is 12.1. The number of carbonyl (C=O) groups is 1. The van der Waals surface area contributed by atoms with Crippen molar-refractivity contribution in [3.05, 3.63) is 58.1 Å². The van der Waals surface area contributed by atoms with Crippen LogP contribution in [-0.4, -0.2) is 12.5 Å². The maximum atomic E-state index is 13.0. The van der Waals surface area contributed by atoms with E-state index in [0.29, 0.717) is 15.7 Å². The van der Waals surface area contributed by atoms with Gasteiger partial charge in [-0.25, -0.2) is 8.78 Å². The molecule has 2 aromatic carbocycles. The number of halogens is 4. The molecule has 3 nitrogen and oxygen atoms in total. The summed E-state index contributed by atoms with van der Waals surface area (Å²) in [6, 6.07) is 7.60. The molecule has 21 heavy (non-hydrogen) atoms. The van der Waals surface area contributed by atoms with Crippen LogP contribution in [0, 0.1) is 11.6 Å². The largest absolute Gasteiger partial charge is 0.376 e. The van der Waals surface area contributed by atoms with Gasteiger partial charge in [-0.2, -0.15) is 0 Å². The molecule has 0 saturated heterocycles. The average molecular weight is 331 g/mol. The van der Waals surface area contributed by atoms with Crippen molar-refractivity contribution in [2.45, 2.75) is 0 Å². The fraction of sp³-hybridized carbons (Fsp3) is 0.0714. The zero-order chi connectivity index (χ0) is 15.4. The third-order valence-corrected chi connectivity index (χ3v) is 3.26. The number of hydrogen-bond donors (Lipinski definition) is 2. The summed E-state index contributed by atoms with van der Waals surface area (Å²) in [5.41, 5.74) is 0.651. The lowest BCUT2D eigenvalue weighted by molar-refractivity contribution is -0.114. The minimum absolute atomic E-state index is 0.0495. The van der Waals surface area contributed by atoms with Crippen LogP contribution in [0.4, 0.5) is 20.2 Å². The molecular weight excluding hydrogens is 321 g/mol.